The molecule has 0 atom stereocenters. The minimum Gasteiger partial charge on any atom is -0.350 e. The number of urea groups is 1. The molecule has 0 aromatic rings. The van der Waals surface area contributed by atoms with Gasteiger partial charge in [0.05, 0.1) is 0 Å². The number of hydrogen-bond donors (Lipinski definition) is 2. The second-order valence-corrected chi connectivity index (χ2v) is 3.78. The molecule has 3 N–H and O–H groups in total. The SMILES string of the molecule is CC(C)N1CCC(=NNC(N)=O)CC1. The molecule has 0 bridgehead atoms. The van der Waals surface area contributed by atoms with E-state index in [0.29, 0.717) is 6.04 Å². The molecule has 0 saturated carbocycles. The molecule has 1 heterocycles. The molecular weight excluding hydrogens is 180 g/mol. The van der Waals surface area contributed by atoms with Crippen LogP contribution in [-0.2, 0) is 0 Å². The highest BCUT2D eigenvalue weighted by atomic mass is 16.2. The summed E-state index contributed by atoms with van der Waals surface area (Å²) in [6.45, 7) is 6.39. The van der Waals surface area contributed by atoms with Crippen LogP contribution in [0.15, 0.2) is 5.10 Å². The van der Waals surface area contributed by atoms with Crippen molar-refractivity contribution in [1.82, 2.24) is 10.3 Å². The van der Waals surface area contributed by atoms with Crippen LogP contribution in [0.2, 0.25) is 0 Å². The Kier molecular flexibility index (Phi) is 3.88. The lowest BCUT2D eigenvalue weighted by atomic mass is 10.1. The Morgan fingerprint density at radius 2 is 2.07 bits per heavy atom. The largest absolute Gasteiger partial charge is 0.350 e. The lowest BCUT2D eigenvalue weighted by molar-refractivity contribution is 0.221. The summed E-state index contributed by atoms with van der Waals surface area (Å²) >= 11 is 0. The molecule has 5 heteroatoms. The van der Waals surface area contributed by atoms with E-state index in [9.17, 15) is 4.79 Å². The van der Waals surface area contributed by atoms with Crippen molar-refractivity contribution in [3.8, 4) is 0 Å². The summed E-state index contributed by atoms with van der Waals surface area (Å²) < 4.78 is 0. The first kappa shape index (κ1) is 11.0. The normalized spacial score (nSPS) is 18.4. The van der Waals surface area contributed by atoms with Crippen molar-refractivity contribution >= 4 is 11.7 Å². The number of amides is 2. The first-order valence-corrected chi connectivity index (χ1v) is 4.94. The van der Waals surface area contributed by atoms with Gasteiger partial charge in [-0.15, -0.1) is 0 Å². The van der Waals surface area contributed by atoms with Crippen LogP contribution in [0.3, 0.4) is 0 Å². The molecule has 5 nitrogen and oxygen atoms in total. The number of carbonyl (C=O) groups excluding carboxylic acids is 1. The van der Waals surface area contributed by atoms with E-state index in [4.69, 9.17) is 5.73 Å². The first-order valence-electron chi connectivity index (χ1n) is 4.94. The molecular formula is C9H18N4O. The highest BCUT2D eigenvalue weighted by molar-refractivity contribution is 5.86. The topological polar surface area (TPSA) is 70.7 Å². The summed E-state index contributed by atoms with van der Waals surface area (Å²) in [6, 6.07) is -0.00978. The standard InChI is InChI=1S/C9H18N4O/c1-7(2)13-5-3-8(4-6-13)11-12-9(10)14/h7H,3-6H2,1-2H3,(H3,10,12,14). The van der Waals surface area contributed by atoms with E-state index in [1.165, 1.54) is 0 Å². The van der Waals surface area contributed by atoms with Gasteiger partial charge in [0.25, 0.3) is 0 Å². The summed E-state index contributed by atoms with van der Waals surface area (Å²) in [5, 5.41) is 3.94. The average Bonchev–Trinajstić information content (AvgIpc) is 2.15. The van der Waals surface area contributed by atoms with E-state index in [0.717, 1.165) is 31.6 Å². The Labute approximate surface area is 84.3 Å². The number of primary amides is 1. The molecule has 0 unspecified atom stereocenters. The van der Waals surface area contributed by atoms with Crippen LogP contribution in [-0.4, -0.2) is 35.8 Å². The molecule has 2 amide bonds. The van der Waals surface area contributed by atoms with Crippen LogP contribution < -0.4 is 11.2 Å². The Bertz CT molecular complexity index is 227. The van der Waals surface area contributed by atoms with Crippen molar-refractivity contribution in [2.24, 2.45) is 10.8 Å². The van der Waals surface area contributed by atoms with Crippen LogP contribution in [0.1, 0.15) is 26.7 Å². The maximum atomic E-state index is 10.4. The van der Waals surface area contributed by atoms with Gasteiger partial charge in [-0.1, -0.05) is 0 Å². The summed E-state index contributed by atoms with van der Waals surface area (Å²) in [5.74, 6) is 0. The van der Waals surface area contributed by atoms with Crippen LogP contribution in [0.5, 0.6) is 0 Å². The monoisotopic (exact) mass is 198 g/mol. The number of likely N-dealkylation sites (tertiary alicyclic amines) is 1. The summed E-state index contributed by atoms with van der Waals surface area (Å²) in [6.07, 6.45) is 1.83. The Morgan fingerprint density at radius 3 is 2.50 bits per heavy atom. The number of hydrazone groups is 1. The van der Waals surface area contributed by atoms with Crippen molar-refractivity contribution in [1.29, 1.82) is 0 Å². The third-order valence-electron chi connectivity index (χ3n) is 2.43. The van der Waals surface area contributed by atoms with Crippen molar-refractivity contribution in [2.75, 3.05) is 13.1 Å². The second-order valence-electron chi connectivity index (χ2n) is 3.78. The molecule has 0 radical (unpaired) electrons. The van der Waals surface area contributed by atoms with Crippen LogP contribution in [0, 0.1) is 0 Å². The zero-order chi connectivity index (χ0) is 10.6. The van der Waals surface area contributed by atoms with Gasteiger partial charge in [0.1, 0.15) is 0 Å². The van der Waals surface area contributed by atoms with Gasteiger partial charge < -0.3 is 10.6 Å². The lowest BCUT2D eigenvalue weighted by Gasteiger charge is -2.30. The van der Waals surface area contributed by atoms with Crippen LogP contribution in [0.4, 0.5) is 4.79 Å². The number of piperidine rings is 1. The van der Waals surface area contributed by atoms with Gasteiger partial charge in [0.2, 0.25) is 0 Å². The lowest BCUT2D eigenvalue weighted by Crippen LogP contribution is -2.39. The Morgan fingerprint density at radius 1 is 1.50 bits per heavy atom. The first-order chi connectivity index (χ1) is 6.59. The Hall–Kier alpha value is -1.10. The number of nitrogens with zero attached hydrogens (tertiary/aromatic N) is 2. The van der Waals surface area contributed by atoms with Gasteiger partial charge in [0.15, 0.2) is 0 Å². The fourth-order valence-corrected chi connectivity index (χ4v) is 1.54. The van der Waals surface area contributed by atoms with E-state index in [1.807, 2.05) is 0 Å². The van der Waals surface area contributed by atoms with Crippen molar-refractivity contribution in [2.45, 2.75) is 32.7 Å². The molecule has 1 saturated heterocycles. The third kappa shape index (κ3) is 3.33. The van der Waals surface area contributed by atoms with Crippen LogP contribution >= 0.6 is 0 Å². The maximum Gasteiger partial charge on any atom is 0.332 e. The van der Waals surface area contributed by atoms with E-state index in [2.05, 4.69) is 29.3 Å². The average molecular weight is 198 g/mol. The highest BCUT2D eigenvalue weighted by Crippen LogP contribution is 2.09. The van der Waals surface area contributed by atoms with Gasteiger partial charge >= 0.3 is 6.03 Å². The van der Waals surface area contributed by atoms with Crippen molar-refractivity contribution in [3.05, 3.63) is 0 Å². The molecule has 80 valence electrons. The summed E-state index contributed by atoms with van der Waals surface area (Å²) in [4.78, 5) is 12.8. The minimum atomic E-state index is -0.594. The van der Waals surface area contributed by atoms with E-state index >= 15 is 0 Å². The van der Waals surface area contributed by atoms with Crippen molar-refractivity contribution < 1.29 is 4.79 Å². The van der Waals surface area contributed by atoms with Crippen LogP contribution in [0.25, 0.3) is 0 Å². The third-order valence-corrected chi connectivity index (χ3v) is 2.43. The second kappa shape index (κ2) is 4.95. The molecule has 0 aromatic heterocycles. The van der Waals surface area contributed by atoms with E-state index in [1.54, 1.807) is 0 Å². The van der Waals surface area contributed by atoms with E-state index in [-0.39, 0.29) is 0 Å². The predicted octanol–water partition coefficient (Wildman–Crippen LogP) is 0.515. The molecule has 0 aliphatic carbocycles. The molecule has 1 fully saturated rings. The number of nitrogens with two attached hydrogens (primary N) is 1. The summed E-state index contributed by atoms with van der Waals surface area (Å²) in [5.41, 5.74) is 8.21. The number of hydrogen-bond acceptors (Lipinski definition) is 3. The molecule has 1 rings (SSSR count). The predicted molar refractivity (Wildman–Crippen MR) is 56.1 cm³/mol. The van der Waals surface area contributed by atoms with Gasteiger partial charge in [-0.25, -0.2) is 10.2 Å². The van der Waals surface area contributed by atoms with Gasteiger partial charge in [0, 0.05) is 37.7 Å². The van der Waals surface area contributed by atoms with Gasteiger partial charge in [-0.05, 0) is 13.8 Å². The molecule has 0 aromatic carbocycles. The van der Waals surface area contributed by atoms with Crippen molar-refractivity contribution in [3.63, 3.8) is 0 Å². The molecule has 1 aliphatic rings. The zero-order valence-electron chi connectivity index (χ0n) is 8.79. The quantitative estimate of drug-likeness (QED) is 0.635. The smallest absolute Gasteiger partial charge is 0.332 e. The molecule has 0 spiro atoms. The minimum absolute atomic E-state index is 0.584. The van der Waals surface area contributed by atoms with Gasteiger partial charge in [-0.3, -0.25) is 0 Å². The summed E-state index contributed by atoms with van der Waals surface area (Å²) in [7, 11) is 0. The molecule has 1 aliphatic heterocycles. The van der Waals surface area contributed by atoms with E-state index < -0.39 is 6.03 Å². The number of rotatable bonds is 2. The number of nitrogens with one attached hydrogen (secondary N) is 1. The van der Waals surface area contributed by atoms with Gasteiger partial charge in [-0.2, -0.15) is 5.10 Å². The fraction of sp³-hybridized carbons (Fsp3) is 0.778. The fourth-order valence-electron chi connectivity index (χ4n) is 1.54. The number of carbonyl (C=O) groups is 1. The maximum absolute atomic E-state index is 10.4. The Balaban J connectivity index is 2.35. The zero-order valence-corrected chi connectivity index (χ0v) is 8.79. The highest BCUT2D eigenvalue weighted by Gasteiger charge is 2.16. The molecule has 14 heavy (non-hydrogen) atoms.